The Morgan fingerprint density at radius 3 is 2.82 bits per heavy atom. The molecule has 3 rings (SSSR count). The second kappa shape index (κ2) is 6.92. The number of benzene rings is 1. The fourth-order valence-corrected chi connectivity index (χ4v) is 3.50. The third-order valence-corrected chi connectivity index (χ3v) is 4.74. The van der Waals surface area contributed by atoms with E-state index >= 15 is 0 Å². The summed E-state index contributed by atoms with van der Waals surface area (Å²) in [6, 6.07) is 12.2. The van der Waals surface area contributed by atoms with Gasteiger partial charge in [0.1, 0.15) is 5.82 Å². The van der Waals surface area contributed by atoms with Gasteiger partial charge in [-0.25, -0.2) is 9.37 Å². The topological polar surface area (TPSA) is 33.2 Å². The molecule has 1 aliphatic rings. The van der Waals surface area contributed by atoms with Gasteiger partial charge in [-0.05, 0) is 42.7 Å². The van der Waals surface area contributed by atoms with Gasteiger partial charge in [-0.15, -0.1) is 0 Å². The van der Waals surface area contributed by atoms with Gasteiger partial charge in [-0.1, -0.05) is 30.0 Å². The highest BCUT2D eigenvalue weighted by molar-refractivity contribution is 7.99. The maximum Gasteiger partial charge on any atom is 0.233 e. The Bertz CT molecular complexity index is 633. The van der Waals surface area contributed by atoms with Gasteiger partial charge < -0.3 is 4.90 Å². The normalized spacial score (nSPS) is 17.7. The minimum atomic E-state index is -0.245. The van der Waals surface area contributed by atoms with Crippen LogP contribution in [0.15, 0.2) is 53.7 Å². The number of carbonyl (C=O) groups is 1. The van der Waals surface area contributed by atoms with Crippen LogP contribution in [0.25, 0.3) is 0 Å². The van der Waals surface area contributed by atoms with E-state index in [0.717, 1.165) is 30.0 Å². The first kappa shape index (κ1) is 15.0. The lowest BCUT2D eigenvalue weighted by molar-refractivity contribution is -0.129. The van der Waals surface area contributed by atoms with E-state index in [1.807, 2.05) is 23.1 Å². The van der Waals surface area contributed by atoms with Gasteiger partial charge in [0.05, 0.1) is 16.8 Å². The Balaban J connectivity index is 1.65. The minimum Gasteiger partial charge on any atom is -0.335 e. The zero-order chi connectivity index (χ0) is 15.4. The van der Waals surface area contributed by atoms with Gasteiger partial charge in [0.25, 0.3) is 0 Å². The molecule has 3 nitrogen and oxygen atoms in total. The van der Waals surface area contributed by atoms with Crippen LogP contribution in [-0.2, 0) is 4.79 Å². The van der Waals surface area contributed by atoms with Crippen molar-refractivity contribution in [1.29, 1.82) is 0 Å². The van der Waals surface area contributed by atoms with Gasteiger partial charge in [0.15, 0.2) is 0 Å². The first-order valence-electron chi connectivity index (χ1n) is 7.33. The number of pyridine rings is 1. The van der Waals surface area contributed by atoms with Gasteiger partial charge in [0.2, 0.25) is 5.91 Å². The fourth-order valence-electron chi connectivity index (χ4n) is 2.75. The third-order valence-electron chi connectivity index (χ3n) is 3.81. The maximum absolute atomic E-state index is 13.0. The van der Waals surface area contributed by atoms with E-state index < -0.39 is 0 Å². The van der Waals surface area contributed by atoms with Crippen LogP contribution in [-0.4, -0.2) is 28.1 Å². The maximum atomic E-state index is 13.0. The zero-order valence-corrected chi connectivity index (χ0v) is 12.9. The quantitative estimate of drug-likeness (QED) is 0.807. The molecule has 1 fully saturated rings. The Morgan fingerprint density at radius 2 is 2.09 bits per heavy atom. The molecule has 1 aliphatic heterocycles. The molecule has 1 atom stereocenters. The fraction of sp³-hybridized carbons (Fsp3) is 0.294. The van der Waals surface area contributed by atoms with E-state index in [-0.39, 0.29) is 17.8 Å². The molecule has 1 amide bonds. The molecule has 5 heteroatoms. The van der Waals surface area contributed by atoms with Crippen LogP contribution in [0.2, 0.25) is 0 Å². The van der Waals surface area contributed by atoms with Crippen LogP contribution in [0, 0.1) is 5.82 Å². The van der Waals surface area contributed by atoms with E-state index in [2.05, 4.69) is 4.98 Å². The molecule has 1 aromatic carbocycles. The summed E-state index contributed by atoms with van der Waals surface area (Å²) in [4.78, 5) is 18.6. The summed E-state index contributed by atoms with van der Waals surface area (Å²) in [7, 11) is 0. The zero-order valence-electron chi connectivity index (χ0n) is 12.1. The SMILES string of the molecule is O=C(CSc1ccccn1)N1CCC[C@H]1c1ccc(F)cc1. The number of carbonyl (C=O) groups excluding carboxylic acids is 1. The van der Waals surface area contributed by atoms with Crippen molar-refractivity contribution in [3.05, 3.63) is 60.0 Å². The van der Waals surface area contributed by atoms with Crippen LogP contribution in [0.1, 0.15) is 24.4 Å². The lowest BCUT2D eigenvalue weighted by atomic mass is 10.0. The Labute approximate surface area is 133 Å². The van der Waals surface area contributed by atoms with Crippen molar-refractivity contribution in [2.45, 2.75) is 23.9 Å². The van der Waals surface area contributed by atoms with E-state index in [4.69, 9.17) is 0 Å². The molecule has 0 aliphatic carbocycles. The summed E-state index contributed by atoms with van der Waals surface area (Å²) in [5.74, 6) is 0.252. The standard InChI is InChI=1S/C17H17FN2OS/c18-14-8-6-13(7-9-14)15-4-3-11-20(15)17(21)12-22-16-5-1-2-10-19-16/h1-2,5-10,15H,3-4,11-12H2/t15-/m0/s1. The molecule has 2 heterocycles. The predicted molar refractivity (Wildman–Crippen MR) is 85.0 cm³/mol. The molecule has 22 heavy (non-hydrogen) atoms. The highest BCUT2D eigenvalue weighted by Crippen LogP contribution is 2.32. The van der Waals surface area contributed by atoms with Crippen LogP contribution in [0.3, 0.4) is 0 Å². The Kier molecular flexibility index (Phi) is 4.73. The summed E-state index contributed by atoms with van der Waals surface area (Å²) < 4.78 is 13.0. The van der Waals surface area contributed by atoms with E-state index in [1.54, 1.807) is 18.3 Å². The first-order valence-corrected chi connectivity index (χ1v) is 8.31. The van der Waals surface area contributed by atoms with E-state index in [1.165, 1.54) is 23.9 Å². The second-order valence-electron chi connectivity index (χ2n) is 5.25. The molecule has 114 valence electrons. The van der Waals surface area contributed by atoms with Crippen molar-refractivity contribution >= 4 is 17.7 Å². The summed E-state index contributed by atoms with van der Waals surface area (Å²) in [6.07, 6.45) is 3.65. The average molecular weight is 316 g/mol. The molecule has 1 saturated heterocycles. The molecular weight excluding hydrogens is 299 g/mol. The Hall–Kier alpha value is -1.88. The number of amides is 1. The van der Waals surface area contributed by atoms with Crippen molar-refractivity contribution in [2.24, 2.45) is 0 Å². The van der Waals surface area contributed by atoms with Crippen molar-refractivity contribution < 1.29 is 9.18 Å². The summed E-state index contributed by atoms with van der Waals surface area (Å²) in [5.41, 5.74) is 1.01. The molecule has 1 aromatic heterocycles. The van der Waals surface area contributed by atoms with Crippen LogP contribution in [0.4, 0.5) is 4.39 Å². The second-order valence-corrected chi connectivity index (χ2v) is 6.25. The van der Waals surface area contributed by atoms with Gasteiger partial charge >= 0.3 is 0 Å². The van der Waals surface area contributed by atoms with Gasteiger partial charge in [-0.3, -0.25) is 4.79 Å². The number of aromatic nitrogens is 1. The van der Waals surface area contributed by atoms with Crippen LogP contribution >= 0.6 is 11.8 Å². The summed E-state index contributed by atoms with van der Waals surface area (Å²) >= 11 is 1.45. The molecule has 0 N–H and O–H groups in total. The van der Waals surface area contributed by atoms with Gasteiger partial charge in [0, 0.05) is 12.7 Å². The first-order chi connectivity index (χ1) is 10.7. The number of hydrogen-bond donors (Lipinski definition) is 0. The smallest absolute Gasteiger partial charge is 0.233 e. The molecular formula is C17H17FN2OS. The van der Waals surface area contributed by atoms with Crippen molar-refractivity contribution in [3.63, 3.8) is 0 Å². The number of nitrogens with zero attached hydrogens (tertiary/aromatic N) is 2. The minimum absolute atomic E-state index is 0.0671. The summed E-state index contributed by atoms with van der Waals surface area (Å²) in [6.45, 7) is 0.768. The predicted octanol–water partition coefficient (Wildman–Crippen LogP) is 3.68. The number of likely N-dealkylation sites (tertiary alicyclic amines) is 1. The van der Waals surface area contributed by atoms with E-state index in [0.29, 0.717) is 5.75 Å². The number of thioether (sulfide) groups is 1. The third kappa shape index (κ3) is 3.47. The monoisotopic (exact) mass is 316 g/mol. The molecule has 0 spiro atoms. The van der Waals surface area contributed by atoms with Gasteiger partial charge in [-0.2, -0.15) is 0 Å². The Morgan fingerprint density at radius 1 is 1.27 bits per heavy atom. The molecule has 0 saturated carbocycles. The molecule has 0 unspecified atom stereocenters. The molecule has 0 radical (unpaired) electrons. The van der Waals surface area contributed by atoms with Crippen molar-refractivity contribution in [1.82, 2.24) is 9.88 Å². The highest BCUT2D eigenvalue weighted by Gasteiger charge is 2.29. The number of halogens is 1. The summed E-state index contributed by atoms with van der Waals surface area (Å²) in [5, 5.41) is 0.855. The van der Waals surface area contributed by atoms with E-state index in [9.17, 15) is 9.18 Å². The number of hydrogen-bond acceptors (Lipinski definition) is 3. The molecule has 2 aromatic rings. The number of rotatable bonds is 4. The molecule has 0 bridgehead atoms. The van der Waals surface area contributed by atoms with Crippen LogP contribution in [0.5, 0.6) is 0 Å². The largest absolute Gasteiger partial charge is 0.335 e. The lowest BCUT2D eigenvalue weighted by Crippen LogP contribution is -2.32. The van der Waals surface area contributed by atoms with Crippen molar-refractivity contribution in [3.8, 4) is 0 Å². The average Bonchev–Trinajstić information content (AvgIpc) is 3.04. The van der Waals surface area contributed by atoms with Crippen molar-refractivity contribution in [2.75, 3.05) is 12.3 Å². The highest BCUT2D eigenvalue weighted by atomic mass is 32.2. The lowest BCUT2D eigenvalue weighted by Gasteiger charge is -2.25. The van der Waals surface area contributed by atoms with Crippen LogP contribution < -0.4 is 0 Å².